The summed E-state index contributed by atoms with van der Waals surface area (Å²) in [7, 11) is -3.74. The van der Waals surface area contributed by atoms with Crippen LogP contribution in [0.1, 0.15) is 15.9 Å². The molecule has 0 unspecified atom stereocenters. The number of sulfonamides is 1. The summed E-state index contributed by atoms with van der Waals surface area (Å²) in [5, 5.41) is 0.579. The van der Waals surface area contributed by atoms with E-state index in [1.807, 2.05) is 17.6 Å². The van der Waals surface area contributed by atoms with E-state index >= 15 is 0 Å². The second kappa shape index (κ2) is 6.57. The third kappa shape index (κ3) is 3.21. The molecule has 128 valence electrons. The fraction of sp³-hybridized carbons (Fsp3) is 0.105. The van der Waals surface area contributed by atoms with E-state index in [4.69, 9.17) is 0 Å². The molecule has 0 saturated heterocycles. The number of fused-ring (bicyclic) bond motifs is 1. The van der Waals surface area contributed by atoms with Gasteiger partial charge in [0, 0.05) is 23.7 Å². The molecule has 3 aromatic rings. The van der Waals surface area contributed by atoms with E-state index < -0.39 is 10.0 Å². The summed E-state index contributed by atoms with van der Waals surface area (Å²) in [6.07, 6.45) is 4.14. The molecule has 0 atom stereocenters. The Balaban J connectivity index is 2.11. The smallest absolute Gasteiger partial charge is 0.261 e. The Hall–Kier alpha value is -2.86. The Morgan fingerprint density at radius 1 is 1.16 bits per heavy atom. The van der Waals surface area contributed by atoms with Gasteiger partial charge in [0.2, 0.25) is 0 Å². The van der Waals surface area contributed by atoms with Crippen molar-refractivity contribution in [2.75, 3.05) is 4.72 Å². The summed E-state index contributed by atoms with van der Waals surface area (Å²) in [5.41, 5.74) is 2.55. The summed E-state index contributed by atoms with van der Waals surface area (Å²) in [5.74, 6) is 0. The average molecular weight is 354 g/mol. The molecule has 6 heteroatoms. The maximum Gasteiger partial charge on any atom is 0.261 e. The number of rotatable bonds is 6. The van der Waals surface area contributed by atoms with Gasteiger partial charge in [-0.2, -0.15) is 0 Å². The van der Waals surface area contributed by atoms with Crippen molar-refractivity contribution in [2.24, 2.45) is 0 Å². The van der Waals surface area contributed by atoms with Gasteiger partial charge in [-0.3, -0.25) is 9.52 Å². The minimum atomic E-state index is -3.74. The molecule has 25 heavy (non-hydrogen) atoms. The minimum absolute atomic E-state index is 0.174. The third-order valence-electron chi connectivity index (χ3n) is 3.96. The lowest BCUT2D eigenvalue weighted by Gasteiger charge is -2.10. The second-order valence-corrected chi connectivity index (χ2v) is 7.44. The maximum atomic E-state index is 12.7. The lowest BCUT2D eigenvalue weighted by Crippen LogP contribution is -2.13. The van der Waals surface area contributed by atoms with Gasteiger partial charge >= 0.3 is 0 Å². The minimum Gasteiger partial charge on any atom is -0.343 e. The van der Waals surface area contributed by atoms with Crippen molar-refractivity contribution in [2.45, 2.75) is 18.4 Å². The van der Waals surface area contributed by atoms with Crippen LogP contribution in [0.5, 0.6) is 0 Å². The number of hydrogen-bond donors (Lipinski definition) is 1. The number of allylic oxidation sites excluding steroid dienone is 1. The predicted octanol–water partition coefficient (Wildman–Crippen LogP) is 3.75. The molecule has 1 N–H and O–H groups in total. The first-order chi connectivity index (χ1) is 12.0. The molecule has 0 aliphatic rings. The molecule has 5 nitrogen and oxygen atoms in total. The summed E-state index contributed by atoms with van der Waals surface area (Å²) >= 11 is 0. The SMILES string of the molecule is C=CCn1cc(C=O)c2c(NS(=O)(=O)c3ccc(C)cc3)cccc21. The summed E-state index contributed by atoms with van der Waals surface area (Å²) < 4.78 is 29.8. The van der Waals surface area contributed by atoms with Crippen LogP contribution in [0.15, 0.2) is 66.2 Å². The molecular formula is C19H18N2O3S. The van der Waals surface area contributed by atoms with Crippen molar-refractivity contribution < 1.29 is 13.2 Å². The van der Waals surface area contributed by atoms with Gasteiger partial charge in [-0.05, 0) is 31.2 Å². The number of hydrogen-bond acceptors (Lipinski definition) is 3. The Bertz CT molecular complexity index is 1050. The number of nitrogens with zero attached hydrogens (tertiary/aromatic N) is 1. The number of carbonyl (C=O) groups excluding carboxylic acids is 1. The van der Waals surface area contributed by atoms with E-state index in [1.165, 1.54) is 0 Å². The van der Waals surface area contributed by atoms with Crippen LogP contribution in [-0.2, 0) is 16.6 Å². The van der Waals surface area contributed by atoms with Crippen molar-refractivity contribution in [1.82, 2.24) is 4.57 Å². The van der Waals surface area contributed by atoms with Crippen molar-refractivity contribution in [3.8, 4) is 0 Å². The highest BCUT2D eigenvalue weighted by molar-refractivity contribution is 7.92. The zero-order valence-electron chi connectivity index (χ0n) is 13.8. The molecule has 0 fully saturated rings. The lowest BCUT2D eigenvalue weighted by molar-refractivity contribution is 0.112. The second-order valence-electron chi connectivity index (χ2n) is 5.76. The van der Waals surface area contributed by atoms with E-state index in [0.717, 1.165) is 17.4 Å². The highest BCUT2D eigenvalue weighted by atomic mass is 32.2. The van der Waals surface area contributed by atoms with Crippen molar-refractivity contribution in [3.05, 3.63) is 72.4 Å². The van der Waals surface area contributed by atoms with Gasteiger partial charge in [0.15, 0.2) is 6.29 Å². The molecule has 2 aromatic carbocycles. The van der Waals surface area contributed by atoms with Gasteiger partial charge in [-0.25, -0.2) is 8.42 Å². The van der Waals surface area contributed by atoms with Crippen LogP contribution in [-0.4, -0.2) is 19.3 Å². The van der Waals surface area contributed by atoms with Crippen LogP contribution in [0, 0.1) is 6.92 Å². The first-order valence-electron chi connectivity index (χ1n) is 7.73. The van der Waals surface area contributed by atoms with Crippen LogP contribution in [0.3, 0.4) is 0 Å². The first-order valence-corrected chi connectivity index (χ1v) is 9.22. The number of carbonyl (C=O) groups is 1. The monoisotopic (exact) mass is 354 g/mol. The first kappa shape index (κ1) is 17.0. The molecule has 3 rings (SSSR count). The van der Waals surface area contributed by atoms with Gasteiger partial charge < -0.3 is 4.57 Å². The molecule has 0 radical (unpaired) electrons. The van der Waals surface area contributed by atoms with E-state index in [2.05, 4.69) is 11.3 Å². The fourth-order valence-corrected chi connectivity index (χ4v) is 3.84. The molecule has 0 bridgehead atoms. The Kier molecular flexibility index (Phi) is 4.46. The summed E-state index contributed by atoms with van der Waals surface area (Å²) in [4.78, 5) is 11.6. The highest BCUT2D eigenvalue weighted by Gasteiger charge is 2.18. The van der Waals surface area contributed by atoms with Crippen molar-refractivity contribution in [1.29, 1.82) is 0 Å². The lowest BCUT2D eigenvalue weighted by atomic mass is 10.1. The Labute approximate surface area is 146 Å². The average Bonchev–Trinajstić information content (AvgIpc) is 2.94. The van der Waals surface area contributed by atoms with Gasteiger partial charge in [-0.15, -0.1) is 6.58 Å². The number of nitrogens with one attached hydrogen (secondary N) is 1. The molecule has 0 amide bonds. The fourth-order valence-electron chi connectivity index (χ4n) is 2.77. The number of anilines is 1. The third-order valence-corrected chi connectivity index (χ3v) is 5.35. The van der Waals surface area contributed by atoms with E-state index in [-0.39, 0.29) is 4.90 Å². The van der Waals surface area contributed by atoms with Crippen LogP contribution in [0.4, 0.5) is 5.69 Å². The van der Waals surface area contributed by atoms with Gasteiger partial charge in [-0.1, -0.05) is 29.8 Å². The number of aldehydes is 1. The number of benzene rings is 2. The molecule has 0 saturated carbocycles. The molecule has 0 aliphatic heterocycles. The molecule has 1 heterocycles. The maximum absolute atomic E-state index is 12.7. The topological polar surface area (TPSA) is 68.2 Å². The normalized spacial score (nSPS) is 11.4. The number of aromatic nitrogens is 1. The predicted molar refractivity (Wildman–Crippen MR) is 99.5 cm³/mol. The Morgan fingerprint density at radius 2 is 1.88 bits per heavy atom. The number of aryl methyl sites for hydroxylation is 1. The summed E-state index contributed by atoms with van der Waals surface area (Å²) in [6, 6.07) is 11.8. The highest BCUT2D eigenvalue weighted by Crippen LogP contribution is 2.30. The summed E-state index contributed by atoms with van der Waals surface area (Å²) in [6.45, 7) is 6.12. The van der Waals surface area contributed by atoms with Crippen LogP contribution in [0.2, 0.25) is 0 Å². The van der Waals surface area contributed by atoms with E-state index in [0.29, 0.717) is 23.2 Å². The van der Waals surface area contributed by atoms with Crippen LogP contribution < -0.4 is 4.72 Å². The van der Waals surface area contributed by atoms with Crippen molar-refractivity contribution in [3.63, 3.8) is 0 Å². The molecule has 0 aliphatic carbocycles. The largest absolute Gasteiger partial charge is 0.343 e. The Morgan fingerprint density at radius 3 is 2.52 bits per heavy atom. The molecular weight excluding hydrogens is 336 g/mol. The zero-order valence-corrected chi connectivity index (χ0v) is 14.6. The van der Waals surface area contributed by atoms with E-state index in [1.54, 1.807) is 48.7 Å². The van der Waals surface area contributed by atoms with Gasteiger partial charge in [0.05, 0.1) is 16.1 Å². The van der Waals surface area contributed by atoms with Crippen LogP contribution in [0.25, 0.3) is 10.9 Å². The molecule has 1 aromatic heterocycles. The quantitative estimate of drug-likeness (QED) is 0.541. The van der Waals surface area contributed by atoms with Crippen LogP contribution >= 0.6 is 0 Å². The van der Waals surface area contributed by atoms with Crippen molar-refractivity contribution >= 4 is 32.9 Å². The zero-order chi connectivity index (χ0) is 18.0. The van der Waals surface area contributed by atoms with E-state index in [9.17, 15) is 13.2 Å². The van der Waals surface area contributed by atoms with Gasteiger partial charge in [0.1, 0.15) is 0 Å². The standard InChI is InChI=1S/C19H18N2O3S/c1-3-11-21-12-15(13-22)19-17(5-4-6-18(19)21)20-25(23,24)16-9-7-14(2)8-10-16/h3-10,12-13,20H,1,11H2,2H3. The van der Waals surface area contributed by atoms with Gasteiger partial charge in [0.25, 0.3) is 10.0 Å². The molecule has 0 spiro atoms.